The Bertz CT molecular complexity index is 408. The quantitative estimate of drug-likeness (QED) is 0.733. The fourth-order valence-corrected chi connectivity index (χ4v) is 1.99. The van der Waals surface area contributed by atoms with Crippen molar-refractivity contribution in [3.63, 3.8) is 0 Å². The van der Waals surface area contributed by atoms with Gasteiger partial charge in [-0.05, 0) is 41.5 Å². The fraction of sp³-hybridized carbons (Fsp3) is 0.800. The van der Waals surface area contributed by atoms with E-state index < -0.39 is 23.1 Å². The van der Waals surface area contributed by atoms with Crippen molar-refractivity contribution in [3.8, 4) is 0 Å². The van der Waals surface area contributed by atoms with Crippen molar-refractivity contribution in [2.24, 2.45) is 0 Å². The monoisotopic (exact) mass is 314 g/mol. The highest BCUT2D eigenvalue weighted by molar-refractivity contribution is 5.85. The average molecular weight is 314 g/mol. The summed E-state index contributed by atoms with van der Waals surface area (Å²) in [6.45, 7) is 11.2. The fourth-order valence-electron chi connectivity index (χ4n) is 1.99. The molecule has 0 radical (unpaired) electrons. The number of carbonyl (C=O) groups is 3. The van der Waals surface area contributed by atoms with E-state index in [0.717, 1.165) is 0 Å². The summed E-state index contributed by atoms with van der Waals surface area (Å²) in [5.74, 6) is -0.917. The average Bonchev–Trinajstić information content (AvgIpc) is 2.56. The largest absolute Gasteiger partial charge is 0.459 e. The maximum Gasteiger partial charge on any atom is 0.326 e. The van der Waals surface area contributed by atoms with E-state index >= 15 is 0 Å². The maximum absolute atomic E-state index is 12.1. The van der Waals surface area contributed by atoms with E-state index in [4.69, 9.17) is 9.47 Å². The van der Waals surface area contributed by atoms with Crippen molar-refractivity contribution in [1.29, 1.82) is 0 Å². The number of esters is 2. The first-order chi connectivity index (χ1) is 9.87. The van der Waals surface area contributed by atoms with Crippen molar-refractivity contribution in [2.75, 3.05) is 26.2 Å². The second-order valence-corrected chi connectivity index (χ2v) is 7.30. The molecule has 0 aromatic heterocycles. The van der Waals surface area contributed by atoms with Gasteiger partial charge in [-0.3, -0.25) is 9.59 Å². The van der Waals surface area contributed by atoms with E-state index in [1.165, 1.54) is 9.80 Å². The molecule has 0 saturated carbocycles. The van der Waals surface area contributed by atoms with E-state index in [-0.39, 0.29) is 19.1 Å². The molecule has 0 aliphatic carbocycles. The normalized spacial score (nSPS) is 16.0. The summed E-state index contributed by atoms with van der Waals surface area (Å²) in [6.07, 6.45) is 0. The van der Waals surface area contributed by atoms with E-state index in [1.807, 2.05) is 0 Å². The molecule has 1 fully saturated rings. The lowest BCUT2D eigenvalue weighted by Crippen LogP contribution is -2.40. The Labute approximate surface area is 131 Å². The number of hydrogen-bond acceptors (Lipinski definition) is 5. The van der Waals surface area contributed by atoms with Crippen LogP contribution >= 0.6 is 0 Å². The summed E-state index contributed by atoms with van der Waals surface area (Å²) in [7, 11) is 0. The van der Waals surface area contributed by atoms with Crippen LogP contribution in [-0.2, 0) is 19.1 Å². The van der Waals surface area contributed by atoms with Crippen molar-refractivity contribution >= 4 is 18.0 Å². The summed E-state index contributed by atoms with van der Waals surface area (Å²) in [6, 6.07) is -0.350. The van der Waals surface area contributed by atoms with Gasteiger partial charge in [-0.2, -0.15) is 0 Å². The highest BCUT2D eigenvalue weighted by atomic mass is 16.6. The molecule has 1 saturated heterocycles. The molecule has 0 bridgehead atoms. The van der Waals surface area contributed by atoms with Crippen LogP contribution in [0.25, 0.3) is 0 Å². The molecule has 7 heteroatoms. The molecule has 22 heavy (non-hydrogen) atoms. The molecule has 126 valence electrons. The standard InChI is InChI=1S/C15H26N2O5/c1-14(2,3)21-11(18)9-16-7-8-17(13(16)20)10-12(19)22-15(4,5)6/h7-10H2,1-6H3. The molecule has 0 spiro atoms. The summed E-state index contributed by atoms with van der Waals surface area (Å²) in [4.78, 5) is 38.4. The molecule has 0 aromatic carbocycles. The van der Waals surface area contributed by atoms with E-state index in [9.17, 15) is 14.4 Å². The Hall–Kier alpha value is -1.79. The minimum absolute atomic E-state index is 0.110. The lowest BCUT2D eigenvalue weighted by atomic mass is 10.2. The summed E-state index contributed by atoms with van der Waals surface area (Å²) >= 11 is 0. The van der Waals surface area contributed by atoms with Gasteiger partial charge in [0.15, 0.2) is 0 Å². The Morgan fingerprint density at radius 1 is 0.864 bits per heavy atom. The van der Waals surface area contributed by atoms with Crippen molar-refractivity contribution in [1.82, 2.24) is 9.80 Å². The predicted octanol–water partition coefficient (Wildman–Crippen LogP) is 1.41. The van der Waals surface area contributed by atoms with Crippen LogP contribution in [0.1, 0.15) is 41.5 Å². The van der Waals surface area contributed by atoms with Gasteiger partial charge in [-0.15, -0.1) is 0 Å². The van der Waals surface area contributed by atoms with E-state index in [0.29, 0.717) is 13.1 Å². The third-order valence-electron chi connectivity index (χ3n) is 2.66. The highest BCUT2D eigenvalue weighted by Crippen LogP contribution is 2.13. The lowest BCUT2D eigenvalue weighted by Gasteiger charge is -2.23. The number of hydrogen-bond donors (Lipinski definition) is 0. The van der Waals surface area contributed by atoms with Gasteiger partial charge in [-0.25, -0.2) is 4.79 Å². The predicted molar refractivity (Wildman–Crippen MR) is 80.2 cm³/mol. The number of ether oxygens (including phenoxy) is 2. The molecular weight excluding hydrogens is 288 g/mol. The van der Waals surface area contributed by atoms with Crippen LogP contribution in [0.4, 0.5) is 4.79 Å². The topological polar surface area (TPSA) is 76.2 Å². The zero-order valence-electron chi connectivity index (χ0n) is 14.3. The molecular formula is C15H26N2O5. The van der Waals surface area contributed by atoms with Crippen LogP contribution in [0.3, 0.4) is 0 Å². The van der Waals surface area contributed by atoms with Crippen LogP contribution in [-0.4, -0.2) is 65.2 Å². The molecule has 7 nitrogen and oxygen atoms in total. The van der Waals surface area contributed by atoms with Gasteiger partial charge in [0.05, 0.1) is 0 Å². The number of urea groups is 1. The van der Waals surface area contributed by atoms with Gasteiger partial charge < -0.3 is 19.3 Å². The molecule has 1 heterocycles. The van der Waals surface area contributed by atoms with Gasteiger partial charge >= 0.3 is 18.0 Å². The minimum Gasteiger partial charge on any atom is -0.459 e. The Kier molecular flexibility index (Phi) is 5.43. The Morgan fingerprint density at radius 2 is 1.18 bits per heavy atom. The van der Waals surface area contributed by atoms with Crippen molar-refractivity contribution in [2.45, 2.75) is 52.7 Å². The van der Waals surface area contributed by atoms with Gasteiger partial charge in [-0.1, -0.05) is 0 Å². The van der Waals surface area contributed by atoms with Crippen LogP contribution in [0, 0.1) is 0 Å². The SMILES string of the molecule is CC(C)(C)OC(=O)CN1CCN(CC(=O)OC(C)(C)C)C1=O. The van der Waals surface area contributed by atoms with Gasteiger partial charge in [0.2, 0.25) is 0 Å². The summed E-state index contributed by atoms with van der Waals surface area (Å²) in [5.41, 5.74) is -1.17. The summed E-state index contributed by atoms with van der Waals surface area (Å²) in [5, 5.41) is 0. The molecule has 1 rings (SSSR count). The minimum atomic E-state index is -0.587. The third-order valence-corrected chi connectivity index (χ3v) is 2.66. The van der Waals surface area contributed by atoms with Crippen LogP contribution < -0.4 is 0 Å². The number of rotatable bonds is 4. The van der Waals surface area contributed by atoms with Crippen LogP contribution in [0.5, 0.6) is 0 Å². The Balaban J connectivity index is 2.49. The van der Waals surface area contributed by atoms with Gasteiger partial charge in [0.25, 0.3) is 0 Å². The summed E-state index contributed by atoms with van der Waals surface area (Å²) < 4.78 is 10.4. The smallest absolute Gasteiger partial charge is 0.326 e. The van der Waals surface area contributed by atoms with Gasteiger partial charge in [0.1, 0.15) is 24.3 Å². The van der Waals surface area contributed by atoms with Crippen LogP contribution in [0.2, 0.25) is 0 Å². The molecule has 1 aliphatic rings. The zero-order chi connectivity index (χ0) is 17.1. The third kappa shape index (κ3) is 6.32. The molecule has 0 atom stereocenters. The van der Waals surface area contributed by atoms with Crippen molar-refractivity contribution < 1.29 is 23.9 Å². The second kappa shape index (κ2) is 6.54. The molecule has 0 aromatic rings. The van der Waals surface area contributed by atoms with E-state index in [2.05, 4.69) is 0 Å². The molecule has 2 amide bonds. The molecule has 0 N–H and O–H groups in total. The van der Waals surface area contributed by atoms with Crippen molar-refractivity contribution in [3.05, 3.63) is 0 Å². The highest BCUT2D eigenvalue weighted by Gasteiger charge is 2.33. The van der Waals surface area contributed by atoms with E-state index in [1.54, 1.807) is 41.5 Å². The number of amides is 2. The number of carbonyl (C=O) groups excluding carboxylic acids is 3. The number of nitrogens with zero attached hydrogens (tertiary/aromatic N) is 2. The van der Waals surface area contributed by atoms with Gasteiger partial charge in [0, 0.05) is 13.1 Å². The Morgan fingerprint density at radius 3 is 1.45 bits per heavy atom. The zero-order valence-corrected chi connectivity index (χ0v) is 14.3. The first-order valence-electron chi connectivity index (χ1n) is 7.35. The molecule has 1 aliphatic heterocycles. The van der Waals surface area contributed by atoms with Crippen LogP contribution in [0.15, 0.2) is 0 Å². The first kappa shape index (κ1) is 18.3. The maximum atomic E-state index is 12.1. The second-order valence-electron chi connectivity index (χ2n) is 7.30. The first-order valence-corrected chi connectivity index (χ1v) is 7.35. The lowest BCUT2D eigenvalue weighted by molar-refractivity contribution is -0.155. The molecule has 0 unspecified atom stereocenters.